The van der Waals surface area contributed by atoms with Gasteiger partial charge < -0.3 is 9.47 Å². The summed E-state index contributed by atoms with van der Waals surface area (Å²) >= 11 is 1.08. The molecule has 0 aliphatic carbocycles. The van der Waals surface area contributed by atoms with Gasteiger partial charge in [0.2, 0.25) is 0 Å². The average molecular weight is 573 g/mol. The molecular formula is C24H17F6N3O5S. The van der Waals surface area contributed by atoms with Crippen LogP contribution in [0, 0.1) is 6.92 Å². The number of carbonyl (C=O) groups excluding carboxylic acids is 1. The molecule has 0 N–H and O–H groups in total. The van der Waals surface area contributed by atoms with E-state index in [1.165, 1.54) is 24.3 Å². The van der Waals surface area contributed by atoms with Crippen LogP contribution in [0.2, 0.25) is 0 Å². The molecule has 0 bridgehead atoms. The molecule has 0 saturated heterocycles. The predicted molar refractivity (Wildman–Crippen MR) is 128 cm³/mol. The largest absolute Gasteiger partial charge is 0.482 e. The van der Waals surface area contributed by atoms with Crippen LogP contribution in [0.4, 0.5) is 26.3 Å². The number of hydrogen-bond acceptors (Lipinski definition) is 7. The summed E-state index contributed by atoms with van der Waals surface area (Å²) in [6, 6.07) is 9.34. The van der Waals surface area contributed by atoms with E-state index in [1.807, 2.05) is 0 Å². The minimum absolute atomic E-state index is 0.0146. The molecule has 39 heavy (non-hydrogen) atoms. The van der Waals surface area contributed by atoms with Gasteiger partial charge in [-0.05, 0) is 54.4 Å². The second kappa shape index (κ2) is 10.2. The Balaban J connectivity index is 1.70. The highest BCUT2D eigenvalue weighted by Gasteiger charge is 2.35. The van der Waals surface area contributed by atoms with Crippen molar-refractivity contribution in [3.05, 3.63) is 74.6 Å². The van der Waals surface area contributed by atoms with Gasteiger partial charge in [-0.2, -0.15) is 30.7 Å². The summed E-state index contributed by atoms with van der Waals surface area (Å²) < 4.78 is 91.6. The summed E-state index contributed by atoms with van der Waals surface area (Å²) in [5, 5.41) is 0.469. The predicted octanol–water partition coefficient (Wildman–Crippen LogP) is 4.62. The highest BCUT2D eigenvalue weighted by Crippen LogP contribution is 2.35. The summed E-state index contributed by atoms with van der Waals surface area (Å²) in [6.45, 7) is -0.783. The Labute approximate surface area is 218 Å². The van der Waals surface area contributed by atoms with Crippen molar-refractivity contribution in [2.75, 3.05) is 13.2 Å². The number of halogens is 6. The zero-order valence-electron chi connectivity index (χ0n) is 20.0. The Bertz CT molecular complexity index is 1690. The van der Waals surface area contributed by atoms with Gasteiger partial charge in [0, 0.05) is 24.1 Å². The van der Waals surface area contributed by atoms with Crippen molar-refractivity contribution in [3.63, 3.8) is 0 Å². The number of ether oxygens (including phenoxy) is 2. The molecule has 0 spiro atoms. The fraction of sp³-hybridized carbons (Fsp3) is 0.250. The molecule has 0 atom stereocenters. The molecule has 4 aromatic rings. The Kier molecular flexibility index (Phi) is 7.29. The van der Waals surface area contributed by atoms with Crippen LogP contribution >= 0.6 is 11.5 Å². The Hall–Kier alpha value is -4.14. The minimum atomic E-state index is -4.90. The van der Waals surface area contributed by atoms with Crippen molar-refractivity contribution in [2.45, 2.75) is 19.3 Å². The average Bonchev–Trinajstić information content (AvgIpc) is 3.26. The number of aryl methyl sites for hydroxylation is 1. The van der Waals surface area contributed by atoms with E-state index in [0.717, 1.165) is 18.6 Å². The van der Waals surface area contributed by atoms with Gasteiger partial charge in [0.25, 0.3) is 5.56 Å². The quantitative estimate of drug-likeness (QED) is 0.247. The first-order valence-corrected chi connectivity index (χ1v) is 11.7. The number of rotatable bonds is 6. The maximum absolute atomic E-state index is 13.2. The fourth-order valence-corrected chi connectivity index (χ4v) is 4.46. The van der Waals surface area contributed by atoms with Crippen LogP contribution in [0.15, 0.2) is 52.1 Å². The standard InChI is InChI=1S/C24H17F6N3O5S/c1-12-3-5-14(37-10-20(35)38-11-23(25,26)27)8-15(12)21-16-7-13(4-6-17(16)39-31-21)33-19(34)9-18(24(28,29)30)32(2)22(33)36/h3-9H,10-11H2,1-2H3. The van der Waals surface area contributed by atoms with E-state index in [1.54, 1.807) is 19.1 Å². The van der Waals surface area contributed by atoms with E-state index in [4.69, 9.17) is 4.74 Å². The number of nitrogens with zero attached hydrogens (tertiary/aromatic N) is 3. The molecule has 2 heterocycles. The molecule has 8 nitrogen and oxygen atoms in total. The van der Waals surface area contributed by atoms with E-state index >= 15 is 0 Å². The number of fused-ring (bicyclic) bond motifs is 1. The van der Waals surface area contributed by atoms with Crippen molar-refractivity contribution >= 4 is 27.6 Å². The summed E-state index contributed by atoms with van der Waals surface area (Å²) in [6.07, 6.45) is -9.58. The molecule has 0 amide bonds. The smallest absolute Gasteiger partial charge is 0.431 e. The topological polar surface area (TPSA) is 92.4 Å². The third-order valence-corrected chi connectivity index (χ3v) is 6.37. The first kappa shape index (κ1) is 27.9. The van der Waals surface area contributed by atoms with Gasteiger partial charge in [0.05, 0.1) is 16.1 Å². The van der Waals surface area contributed by atoms with Gasteiger partial charge in [-0.15, -0.1) is 0 Å². The molecule has 2 aromatic heterocycles. The van der Waals surface area contributed by atoms with Crippen LogP contribution in [-0.2, 0) is 22.8 Å². The van der Waals surface area contributed by atoms with E-state index in [2.05, 4.69) is 9.11 Å². The molecule has 2 aromatic carbocycles. The third kappa shape index (κ3) is 5.97. The second-order valence-electron chi connectivity index (χ2n) is 8.30. The monoisotopic (exact) mass is 573 g/mol. The second-order valence-corrected chi connectivity index (χ2v) is 9.10. The molecule has 0 radical (unpaired) electrons. The van der Waals surface area contributed by atoms with Gasteiger partial charge >= 0.3 is 24.0 Å². The molecule has 0 saturated carbocycles. The van der Waals surface area contributed by atoms with E-state index in [9.17, 15) is 40.7 Å². The zero-order valence-corrected chi connectivity index (χ0v) is 20.8. The highest BCUT2D eigenvalue weighted by atomic mass is 32.1. The maximum Gasteiger partial charge on any atom is 0.431 e. The van der Waals surface area contributed by atoms with Crippen LogP contribution in [0.5, 0.6) is 5.75 Å². The van der Waals surface area contributed by atoms with Crippen LogP contribution in [0.3, 0.4) is 0 Å². The lowest BCUT2D eigenvalue weighted by atomic mass is 10.0. The third-order valence-electron chi connectivity index (χ3n) is 5.54. The minimum Gasteiger partial charge on any atom is -0.482 e. The summed E-state index contributed by atoms with van der Waals surface area (Å²) in [5.74, 6) is -1.09. The molecule has 0 fully saturated rings. The van der Waals surface area contributed by atoms with E-state index in [0.29, 0.717) is 42.1 Å². The van der Waals surface area contributed by atoms with Gasteiger partial charge in [0.1, 0.15) is 11.4 Å². The Morgan fingerprint density at radius 2 is 1.74 bits per heavy atom. The molecule has 0 aliphatic rings. The number of esters is 1. The maximum atomic E-state index is 13.2. The SMILES string of the molecule is Cc1ccc(OCC(=O)OCC(F)(F)F)cc1-c1nsc2ccc(-n3c(=O)cc(C(F)(F)F)n(C)c3=O)cc12. The number of hydrogen-bond donors (Lipinski definition) is 0. The van der Waals surface area contributed by atoms with Crippen molar-refractivity contribution in [1.29, 1.82) is 0 Å². The molecular weight excluding hydrogens is 556 g/mol. The summed E-state index contributed by atoms with van der Waals surface area (Å²) in [7, 11) is 0.908. The van der Waals surface area contributed by atoms with E-state index in [-0.39, 0.29) is 11.4 Å². The highest BCUT2D eigenvalue weighted by molar-refractivity contribution is 7.13. The Morgan fingerprint density at radius 3 is 2.41 bits per heavy atom. The van der Waals surface area contributed by atoms with Crippen LogP contribution in [0.25, 0.3) is 27.0 Å². The lowest BCUT2D eigenvalue weighted by Crippen LogP contribution is -2.40. The van der Waals surface area contributed by atoms with Gasteiger partial charge in [-0.25, -0.2) is 14.2 Å². The number of benzene rings is 2. The number of carbonyl (C=O) groups is 1. The van der Waals surface area contributed by atoms with Crippen molar-refractivity contribution in [2.24, 2.45) is 7.05 Å². The van der Waals surface area contributed by atoms with Crippen LogP contribution in [-0.4, -0.2) is 38.9 Å². The van der Waals surface area contributed by atoms with Gasteiger partial charge in [0.15, 0.2) is 13.2 Å². The normalized spacial score (nSPS) is 12.1. The first-order chi connectivity index (χ1) is 18.2. The molecule has 15 heteroatoms. The zero-order chi connectivity index (χ0) is 28.7. The van der Waals surface area contributed by atoms with Crippen molar-refractivity contribution in [3.8, 4) is 22.7 Å². The molecule has 206 valence electrons. The van der Waals surface area contributed by atoms with Crippen molar-refractivity contribution in [1.82, 2.24) is 13.5 Å². The van der Waals surface area contributed by atoms with E-state index < -0.39 is 48.5 Å². The number of alkyl halides is 6. The van der Waals surface area contributed by atoms with Crippen LogP contribution in [0.1, 0.15) is 11.3 Å². The number of aromatic nitrogens is 3. The fourth-order valence-electron chi connectivity index (χ4n) is 3.69. The van der Waals surface area contributed by atoms with Crippen LogP contribution < -0.4 is 16.0 Å². The van der Waals surface area contributed by atoms with Gasteiger partial charge in [-0.3, -0.25) is 9.36 Å². The molecule has 0 unspecified atom stereocenters. The lowest BCUT2D eigenvalue weighted by molar-refractivity contribution is -0.187. The van der Waals surface area contributed by atoms with Crippen molar-refractivity contribution < 1.29 is 40.6 Å². The first-order valence-electron chi connectivity index (χ1n) is 10.9. The molecule has 4 rings (SSSR count). The summed E-state index contributed by atoms with van der Waals surface area (Å²) in [5.41, 5.74) is -2.14. The molecule has 0 aliphatic heterocycles. The summed E-state index contributed by atoms with van der Waals surface area (Å²) in [4.78, 5) is 36.8. The Morgan fingerprint density at radius 1 is 1.03 bits per heavy atom. The van der Waals surface area contributed by atoms with Gasteiger partial charge in [-0.1, -0.05) is 6.07 Å². The lowest BCUT2D eigenvalue weighted by Gasteiger charge is -2.14.